The van der Waals surface area contributed by atoms with Gasteiger partial charge in [-0.1, -0.05) is 44.2 Å². The number of aromatic nitrogens is 1. The van der Waals surface area contributed by atoms with Crippen molar-refractivity contribution >= 4 is 16.9 Å². The number of ether oxygens (including phenoxy) is 2. The molecule has 0 aliphatic rings. The normalized spacial score (nSPS) is 11.2. The van der Waals surface area contributed by atoms with Gasteiger partial charge in [0.2, 0.25) is 0 Å². The summed E-state index contributed by atoms with van der Waals surface area (Å²) in [6.07, 6.45) is 0.902. The van der Waals surface area contributed by atoms with Crippen LogP contribution in [0.3, 0.4) is 0 Å². The van der Waals surface area contributed by atoms with E-state index in [1.807, 2.05) is 38.1 Å². The van der Waals surface area contributed by atoms with Crippen molar-refractivity contribution in [3.63, 3.8) is 0 Å². The molecule has 0 saturated carbocycles. The number of carbonyl (C=O) groups is 1. The molecule has 0 fully saturated rings. The molecular weight excluding hydrogens is 350 g/mol. The zero-order chi connectivity index (χ0) is 20.1. The molecule has 2 aromatic carbocycles. The molecule has 3 aromatic rings. The molecule has 0 spiro atoms. The van der Waals surface area contributed by atoms with E-state index < -0.39 is 0 Å². The number of benzene rings is 2. The summed E-state index contributed by atoms with van der Waals surface area (Å²) in [4.78, 5) is 12.7. The highest BCUT2D eigenvalue weighted by molar-refractivity contribution is 6.06. The summed E-state index contributed by atoms with van der Waals surface area (Å²) >= 11 is 0. The van der Waals surface area contributed by atoms with E-state index in [0.29, 0.717) is 24.7 Å². The third-order valence-electron chi connectivity index (χ3n) is 4.82. The van der Waals surface area contributed by atoms with E-state index in [1.54, 1.807) is 0 Å². The summed E-state index contributed by atoms with van der Waals surface area (Å²) in [5, 5.41) is 0.894. The van der Waals surface area contributed by atoms with Crippen molar-refractivity contribution < 1.29 is 14.3 Å². The number of hydrogen-bond acceptors (Lipinski definition) is 3. The van der Waals surface area contributed by atoms with Crippen LogP contribution in [0.25, 0.3) is 10.9 Å². The first-order chi connectivity index (χ1) is 13.5. The molecule has 0 unspecified atom stereocenters. The van der Waals surface area contributed by atoms with Gasteiger partial charge in [-0.25, -0.2) is 4.79 Å². The lowest BCUT2D eigenvalue weighted by atomic mass is 10.1. The van der Waals surface area contributed by atoms with Gasteiger partial charge in [0.25, 0.3) is 0 Å². The third-order valence-corrected chi connectivity index (χ3v) is 4.82. The molecule has 0 aliphatic carbocycles. The predicted molar refractivity (Wildman–Crippen MR) is 113 cm³/mol. The lowest BCUT2D eigenvalue weighted by molar-refractivity contribution is 0.0527. The molecule has 0 saturated heterocycles. The Labute approximate surface area is 167 Å². The maximum atomic E-state index is 12.7. The van der Waals surface area contributed by atoms with Gasteiger partial charge in [-0.15, -0.1) is 0 Å². The molecule has 0 aliphatic heterocycles. The topological polar surface area (TPSA) is 40.5 Å². The number of hydrogen-bond donors (Lipinski definition) is 0. The van der Waals surface area contributed by atoms with Crippen LogP contribution in [0.4, 0.5) is 0 Å². The van der Waals surface area contributed by atoms with Crippen LogP contribution in [0, 0.1) is 12.8 Å². The highest BCUT2D eigenvalue weighted by atomic mass is 16.5. The van der Waals surface area contributed by atoms with Gasteiger partial charge in [0.1, 0.15) is 5.75 Å². The molecule has 0 radical (unpaired) electrons. The molecule has 1 aromatic heterocycles. The first kappa shape index (κ1) is 20.0. The van der Waals surface area contributed by atoms with Gasteiger partial charge in [-0.2, -0.15) is 0 Å². The largest absolute Gasteiger partial charge is 0.493 e. The number of rotatable bonds is 8. The van der Waals surface area contributed by atoms with Gasteiger partial charge in [0.15, 0.2) is 0 Å². The summed E-state index contributed by atoms with van der Waals surface area (Å²) < 4.78 is 13.4. The number of nitrogens with zero attached hydrogens (tertiary/aromatic N) is 1. The molecule has 148 valence electrons. The summed E-state index contributed by atoms with van der Waals surface area (Å²) in [6.45, 7) is 9.87. The lowest BCUT2D eigenvalue weighted by Crippen LogP contribution is -2.08. The number of fused-ring (bicyclic) bond motifs is 1. The van der Waals surface area contributed by atoms with Crippen LogP contribution in [0.15, 0.2) is 48.5 Å². The maximum absolute atomic E-state index is 12.7. The van der Waals surface area contributed by atoms with Gasteiger partial charge >= 0.3 is 5.97 Å². The van der Waals surface area contributed by atoms with Crippen molar-refractivity contribution in [2.75, 3.05) is 13.2 Å². The van der Waals surface area contributed by atoms with Crippen molar-refractivity contribution in [2.24, 2.45) is 5.92 Å². The monoisotopic (exact) mass is 379 g/mol. The predicted octanol–water partition coefficient (Wildman–Crippen LogP) is 5.40. The smallest absolute Gasteiger partial charge is 0.340 e. The Balaban J connectivity index is 2.00. The Bertz CT molecular complexity index is 941. The second-order valence-electron chi connectivity index (χ2n) is 7.45. The van der Waals surface area contributed by atoms with E-state index >= 15 is 0 Å². The van der Waals surface area contributed by atoms with Crippen LogP contribution in [-0.4, -0.2) is 23.8 Å². The van der Waals surface area contributed by atoms with Gasteiger partial charge in [-0.05, 0) is 49.9 Å². The van der Waals surface area contributed by atoms with Crippen LogP contribution in [0.1, 0.15) is 42.4 Å². The number of carbonyl (C=O) groups excluding carboxylic acids is 1. The molecule has 0 N–H and O–H groups in total. The fourth-order valence-electron chi connectivity index (χ4n) is 3.45. The molecule has 4 nitrogen and oxygen atoms in total. The van der Waals surface area contributed by atoms with Crippen LogP contribution >= 0.6 is 0 Å². The fraction of sp³-hybridized carbons (Fsp3) is 0.375. The van der Waals surface area contributed by atoms with Crippen LogP contribution in [0.5, 0.6) is 5.75 Å². The molecule has 4 heteroatoms. The second kappa shape index (κ2) is 8.96. The average Bonchev–Trinajstić information content (AvgIpc) is 2.96. The zero-order valence-electron chi connectivity index (χ0n) is 17.2. The standard InChI is InChI=1S/C24H29NO3/c1-5-27-24(26)23-18(4)25(14-13-19-9-7-6-8-10-19)22-12-11-20(15-21(22)23)28-16-17(2)3/h6-12,15,17H,5,13-14,16H2,1-4H3. The Morgan fingerprint density at radius 3 is 2.54 bits per heavy atom. The van der Waals surface area contributed by atoms with Crippen LogP contribution in [0.2, 0.25) is 0 Å². The van der Waals surface area contributed by atoms with Crippen LogP contribution in [-0.2, 0) is 17.7 Å². The minimum atomic E-state index is -0.274. The van der Waals surface area contributed by atoms with Gasteiger partial charge in [-0.3, -0.25) is 0 Å². The zero-order valence-corrected chi connectivity index (χ0v) is 17.2. The van der Waals surface area contributed by atoms with E-state index in [0.717, 1.165) is 35.3 Å². The molecule has 0 amide bonds. The summed E-state index contributed by atoms with van der Waals surface area (Å²) in [5.41, 5.74) is 3.89. The molecule has 3 rings (SSSR count). The van der Waals surface area contributed by atoms with Gasteiger partial charge < -0.3 is 14.0 Å². The first-order valence-electron chi connectivity index (χ1n) is 9.98. The minimum absolute atomic E-state index is 0.274. The van der Waals surface area contributed by atoms with E-state index in [-0.39, 0.29) is 5.97 Å². The Morgan fingerprint density at radius 1 is 1.11 bits per heavy atom. The first-order valence-corrected chi connectivity index (χ1v) is 9.98. The van der Waals surface area contributed by atoms with E-state index in [9.17, 15) is 4.79 Å². The van der Waals surface area contributed by atoms with E-state index in [1.165, 1.54) is 5.56 Å². The number of aryl methyl sites for hydroxylation is 2. The summed E-state index contributed by atoms with van der Waals surface area (Å²) in [6, 6.07) is 16.4. The minimum Gasteiger partial charge on any atom is -0.493 e. The molecule has 28 heavy (non-hydrogen) atoms. The van der Waals surface area contributed by atoms with E-state index in [2.05, 4.69) is 42.7 Å². The molecular formula is C24H29NO3. The van der Waals surface area contributed by atoms with Crippen molar-refractivity contribution in [1.29, 1.82) is 0 Å². The highest BCUT2D eigenvalue weighted by Crippen LogP contribution is 2.30. The SMILES string of the molecule is CCOC(=O)c1c(C)n(CCc2ccccc2)c2ccc(OCC(C)C)cc12. The fourth-order valence-corrected chi connectivity index (χ4v) is 3.45. The Hall–Kier alpha value is -2.75. The van der Waals surface area contributed by atoms with Gasteiger partial charge in [0.05, 0.1) is 18.8 Å². The van der Waals surface area contributed by atoms with Crippen LogP contribution < -0.4 is 4.74 Å². The molecule has 0 atom stereocenters. The lowest BCUT2D eigenvalue weighted by Gasteiger charge is -2.10. The Morgan fingerprint density at radius 2 is 1.86 bits per heavy atom. The van der Waals surface area contributed by atoms with E-state index in [4.69, 9.17) is 9.47 Å². The Kier molecular flexibility index (Phi) is 6.40. The number of esters is 1. The summed E-state index contributed by atoms with van der Waals surface area (Å²) in [7, 11) is 0. The average molecular weight is 380 g/mol. The molecule has 1 heterocycles. The van der Waals surface area contributed by atoms with Crippen molar-refractivity contribution in [3.05, 3.63) is 65.4 Å². The summed E-state index contributed by atoms with van der Waals surface area (Å²) in [5.74, 6) is 0.953. The van der Waals surface area contributed by atoms with Crippen molar-refractivity contribution in [1.82, 2.24) is 4.57 Å². The highest BCUT2D eigenvalue weighted by Gasteiger charge is 2.21. The van der Waals surface area contributed by atoms with Crippen molar-refractivity contribution in [2.45, 2.75) is 40.7 Å². The third kappa shape index (κ3) is 4.38. The second-order valence-corrected chi connectivity index (χ2v) is 7.45. The van der Waals surface area contributed by atoms with Crippen molar-refractivity contribution in [3.8, 4) is 5.75 Å². The quantitative estimate of drug-likeness (QED) is 0.492. The molecule has 0 bridgehead atoms. The van der Waals surface area contributed by atoms with Gasteiger partial charge in [0, 0.05) is 23.1 Å². The maximum Gasteiger partial charge on any atom is 0.340 e.